The van der Waals surface area contributed by atoms with E-state index in [2.05, 4.69) is 20.8 Å². The summed E-state index contributed by atoms with van der Waals surface area (Å²) >= 11 is 0. The minimum atomic E-state index is -0.239. The second-order valence-corrected chi connectivity index (χ2v) is 6.48. The van der Waals surface area contributed by atoms with E-state index in [0.29, 0.717) is 31.4 Å². The summed E-state index contributed by atoms with van der Waals surface area (Å²) in [6.07, 6.45) is 2.66. The van der Waals surface area contributed by atoms with Gasteiger partial charge in [0.25, 0.3) is 0 Å². The molecule has 0 spiro atoms. The van der Waals surface area contributed by atoms with Crippen molar-refractivity contribution in [2.24, 2.45) is 5.92 Å². The predicted molar refractivity (Wildman–Crippen MR) is 86.5 cm³/mol. The van der Waals surface area contributed by atoms with Gasteiger partial charge in [0.05, 0.1) is 13.2 Å². The lowest BCUT2D eigenvalue weighted by Gasteiger charge is -2.25. The molecule has 2 atom stereocenters. The molecule has 2 heterocycles. The maximum Gasteiger partial charge on any atom is 0.249 e. The number of amides is 1. The van der Waals surface area contributed by atoms with Crippen LogP contribution >= 0.6 is 12.4 Å². The van der Waals surface area contributed by atoms with Gasteiger partial charge in [0.2, 0.25) is 11.8 Å². The lowest BCUT2D eigenvalue weighted by atomic mass is 10.0. The summed E-state index contributed by atoms with van der Waals surface area (Å²) in [7, 11) is 0. The zero-order chi connectivity index (χ0) is 15.5. The standard InChI is InChI=1S/C15H24N4O3.ClH/c1-9(2)13(15-18-14(19-22-15)10-3-4-10)17-12(20)7-11-8-21-6-5-16-11;/h9-11,13,16H,3-8H2,1-2H3,(H,17,20);1H. The summed E-state index contributed by atoms with van der Waals surface area (Å²) in [6, 6.07) is -0.164. The number of hydrogen-bond acceptors (Lipinski definition) is 6. The lowest BCUT2D eigenvalue weighted by Crippen LogP contribution is -2.45. The first-order valence-corrected chi connectivity index (χ1v) is 8.07. The third-order valence-corrected chi connectivity index (χ3v) is 4.08. The monoisotopic (exact) mass is 344 g/mol. The number of nitrogens with zero attached hydrogens (tertiary/aromatic N) is 2. The van der Waals surface area contributed by atoms with E-state index in [9.17, 15) is 4.79 Å². The normalized spacial score (nSPS) is 22.5. The number of rotatable bonds is 6. The summed E-state index contributed by atoms with van der Waals surface area (Å²) in [6.45, 7) is 6.15. The highest BCUT2D eigenvalue weighted by molar-refractivity contribution is 5.85. The second kappa shape index (κ2) is 8.08. The number of ether oxygens (including phenoxy) is 1. The molecule has 23 heavy (non-hydrogen) atoms. The summed E-state index contributed by atoms with van der Waals surface area (Å²) in [5.74, 6) is 1.90. The van der Waals surface area contributed by atoms with E-state index in [1.807, 2.05) is 13.8 Å². The Morgan fingerprint density at radius 2 is 2.22 bits per heavy atom. The molecule has 2 unspecified atom stereocenters. The number of hydrogen-bond donors (Lipinski definition) is 2. The van der Waals surface area contributed by atoms with Crippen molar-refractivity contribution < 1.29 is 14.1 Å². The van der Waals surface area contributed by atoms with Crippen molar-refractivity contribution in [1.82, 2.24) is 20.8 Å². The SMILES string of the molecule is CC(C)C(NC(=O)CC1COCCN1)c1nc(C2CC2)no1.Cl. The molecule has 2 N–H and O–H groups in total. The largest absolute Gasteiger partial charge is 0.378 e. The van der Waals surface area contributed by atoms with E-state index in [0.717, 1.165) is 25.2 Å². The van der Waals surface area contributed by atoms with Crippen molar-refractivity contribution in [2.75, 3.05) is 19.8 Å². The first-order valence-electron chi connectivity index (χ1n) is 8.07. The molecule has 0 aromatic carbocycles. The van der Waals surface area contributed by atoms with Crippen LogP contribution in [0.4, 0.5) is 0 Å². The van der Waals surface area contributed by atoms with E-state index < -0.39 is 0 Å². The third kappa shape index (κ3) is 4.89. The smallest absolute Gasteiger partial charge is 0.249 e. The average molecular weight is 345 g/mol. The van der Waals surface area contributed by atoms with Crippen molar-refractivity contribution in [3.8, 4) is 0 Å². The highest BCUT2D eigenvalue weighted by atomic mass is 35.5. The molecule has 0 radical (unpaired) electrons. The van der Waals surface area contributed by atoms with Gasteiger partial charge in [-0.15, -0.1) is 12.4 Å². The summed E-state index contributed by atoms with van der Waals surface area (Å²) < 4.78 is 10.7. The van der Waals surface area contributed by atoms with Gasteiger partial charge in [0, 0.05) is 24.9 Å². The van der Waals surface area contributed by atoms with Crippen LogP contribution in [-0.4, -0.2) is 41.8 Å². The van der Waals surface area contributed by atoms with Crippen LogP contribution in [-0.2, 0) is 9.53 Å². The Kier molecular flexibility index (Phi) is 6.38. The van der Waals surface area contributed by atoms with E-state index >= 15 is 0 Å². The van der Waals surface area contributed by atoms with Gasteiger partial charge in [-0.3, -0.25) is 4.79 Å². The average Bonchev–Trinajstić information content (AvgIpc) is 3.24. The molecule has 7 nitrogen and oxygen atoms in total. The van der Waals surface area contributed by atoms with Crippen LogP contribution in [0.3, 0.4) is 0 Å². The third-order valence-electron chi connectivity index (χ3n) is 4.08. The van der Waals surface area contributed by atoms with Crippen molar-refractivity contribution in [2.45, 2.75) is 51.1 Å². The Balaban J connectivity index is 0.00000192. The van der Waals surface area contributed by atoms with Crippen LogP contribution in [0.2, 0.25) is 0 Å². The fraction of sp³-hybridized carbons (Fsp3) is 0.800. The van der Waals surface area contributed by atoms with E-state index in [1.54, 1.807) is 0 Å². The Labute approximate surface area is 142 Å². The minimum absolute atomic E-state index is 0. The van der Waals surface area contributed by atoms with E-state index in [1.165, 1.54) is 0 Å². The van der Waals surface area contributed by atoms with Crippen LogP contribution in [0, 0.1) is 5.92 Å². The Morgan fingerprint density at radius 3 is 2.83 bits per heavy atom. The topological polar surface area (TPSA) is 89.3 Å². The maximum absolute atomic E-state index is 12.3. The molecule has 8 heteroatoms. The molecule has 1 aromatic heterocycles. The van der Waals surface area contributed by atoms with Gasteiger partial charge in [-0.25, -0.2) is 0 Å². The molecule has 1 amide bonds. The van der Waals surface area contributed by atoms with Crippen molar-refractivity contribution in [3.63, 3.8) is 0 Å². The first-order chi connectivity index (χ1) is 10.6. The van der Waals surface area contributed by atoms with Crippen LogP contribution in [0.15, 0.2) is 4.52 Å². The van der Waals surface area contributed by atoms with E-state index in [-0.39, 0.29) is 36.3 Å². The fourth-order valence-corrected chi connectivity index (χ4v) is 2.60. The number of nitrogens with one attached hydrogen (secondary N) is 2. The zero-order valence-corrected chi connectivity index (χ0v) is 14.4. The fourth-order valence-electron chi connectivity index (χ4n) is 2.60. The quantitative estimate of drug-likeness (QED) is 0.814. The van der Waals surface area contributed by atoms with Crippen molar-refractivity contribution in [1.29, 1.82) is 0 Å². The van der Waals surface area contributed by atoms with Crippen LogP contribution < -0.4 is 10.6 Å². The molecular formula is C15H25ClN4O3. The molecule has 2 aliphatic rings. The van der Waals surface area contributed by atoms with Crippen LogP contribution in [0.5, 0.6) is 0 Å². The molecule has 1 aromatic rings. The molecule has 2 fully saturated rings. The van der Waals surface area contributed by atoms with Gasteiger partial charge in [-0.1, -0.05) is 19.0 Å². The van der Waals surface area contributed by atoms with Gasteiger partial charge < -0.3 is 19.9 Å². The van der Waals surface area contributed by atoms with Gasteiger partial charge in [-0.05, 0) is 18.8 Å². The molecule has 1 aliphatic carbocycles. The summed E-state index contributed by atoms with van der Waals surface area (Å²) in [4.78, 5) is 16.7. The van der Waals surface area contributed by atoms with Crippen LogP contribution in [0.1, 0.15) is 56.8 Å². The van der Waals surface area contributed by atoms with Crippen molar-refractivity contribution in [3.05, 3.63) is 11.7 Å². The molecular weight excluding hydrogens is 320 g/mol. The maximum atomic E-state index is 12.3. The molecule has 1 aliphatic heterocycles. The number of halogens is 1. The van der Waals surface area contributed by atoms with Crippen molar-refractivity contribution >= 4 is 18.3 Å². The summed E-state index contributed by atoms with van der Waals surface area (Å²) in [5, 5.41) is 10.3. The molecule has 130 valence electrons. The number of carbonyl (C=O) groups excluding carboxylic acids is 1. The lowest BCUT2D eigenvalue weighted by molar-refractivity contribution is -0.123. The van der Waals surface area contributed by atoms with E-state index in [4.69, 9.17) is 9.26 Å². The first kappa shape index (κ1) is 18.2. The molecule has 0 bridgehead atoms. The number of carbonyl (C=O) groups is 1. The van der Waals surface area contributed by atoms with Gasteiger partial charge >= 0.3 is 0 Å². The minimum Gasteiger partial charge on any atom is -0.378 e. The molecule has 1 saturated carbocycles. The van der Waals surface area contributed by atoms with Gasteiger partial charge in [0.15, 0.2) is 5.82 Å². The molecule has 3 rings (SSSR count). The van der Waals surface area contributed by atoms with Gasteiger partial charge in [0.1, 0.15) is 6.04 Å². The predicted octanol–water partition coefficient (Wildman–Crippen LogP) is 1.56. The van der Waals surface area contributed by atoms with Gasteiger partial charge in [-0.2, -0.15) is 4.98 Å². The Morgan fingerprint density at radius 1 is 1.43 bits per heavy atom. The highest BCUT2D eigenvalue weighted by Gasteiger charge is 2.32. The Bertz CT molecular complexity index is 513. The highest BCUT2D eigenvalue weighted by Crippen LogP contribution is 2.38. The van der Waals surface area contributed by atoms with Crippen LogP contribution in [0.25, 0.3) is 0 Å². The number of aromatic nitrogens is 2. The summed E-state index contributed by atoms with van der Waals surface area (Å²) in [5.41, 5.74) is 0. The number of morpholine rings is 1. The zero-order valence-electron chi connectivity index (χ0n) is 13.6. The second-order valence-electron chi connectivity index (χ2n) is 6.48. The molecule has 1 saturated heterocycles. The Hall–Kier alpha value is -1.18.